The van der Waals surface area contributed by atoms with E-state index in [0.29, 0.717) is 13.0 Å². The van der Waals surface area contributed by atoms with Crippen LogP contribution in [0.5, 0.6) is 0 Å². The third kappa shape index (κ3) is 5.77. The minimum atomic E-state index is -0.614. The van der Waals surface area contributed by atoms with Crippen molar-refractivity contribution < 1.29 is 9.59 Å². The van der Waals surface area contributed by atoms with Gasteiger partial charge >= 0.3 is 0 Å². The average Bonchev–Trinajstić information content (AvgIpc) is 2.92. The van der Waals surface area contributed by atoms with E-state index in [4.69, 9.17) is 0 Å². The van der Waals surface area contributed by atoms with E-state index < -0.39 is 6.04 Å². The second kappa shape index (κ2) is 11.4. The van der Waals surface area contributed by atoms with E-state index in [-0.39, 0.29) is 11.8 Å². The van der Waals surface area contributed by atoms with Crippen LogP contribution in [-0.2, 0) is 16.1 Å². The maximum absolute atomic E-state index is 13.4. The van der Waals surface area contributed by atoms with Crippen LogP contribution in [0.1, 0.15) is 36.4 Å². The molecule has 2 saturated heterocycles. The Kier molecular flexibility index (Phi) is 7.62. The molecular weight excluding hydrogens is 448 g/mol. The Bertz CT molecular complexity index is 1140. The van der Waals surface area contributed by atoms with Crippen LogP contribution in [0.2, 0.25) is 0 Å². The Balaban J connectivity index is 1.21. The van der Waals surface area contributed by atoms with Gasteiger partial charge in [-0.15, -0.1) is 0 Å². The molecule has 186 valence electrons. The zero-order chi connectivity index (χ0) is 24.7. The van der Waals surface area contributed by atoms with Crippen LogP contribution in [0.4, 0.5) is 11.4 Å². The van der Waals surface area contributed by atoms with Crippen molar-refractivity contribution >= 4 is 23.2 Å². The molecule has 0 aliphatic carbocycles. The molecule has 1 atom stereocenters. The van der Waals surface area contributed by atoms with Crippen LogP contribution in [0.15, 0.2) is 84.9 Å². The van der Waals surface area contributed by atoms with Gasteiger partial charge in [-0.25, -0.2) is 0 Å². The van der Waals surface area contributed by atoms with Gasteiger partial charge in [-0.05, 0) is 48.2 Å². The lowest BCUT2D eigenvalue weighted by Crippen LogP contribution is -2.46. The van der Waals surface area contributed by atoms with Crippen LogP contribution in [0, 0.1) is 0 Å². The molecule has 1 unspecified atom stereocenters. The first-order valence-electron chi connectivity index (χ1n) is 12.9. The molecule has 2 heterocycles. The van der Waals surface area contributed by atoms with E-state index >= 15 is 0 Å². The van der Waals surface area contributed by atoms with Crippen molar-refractivity contribution in [1.29, 1.82) is 0 Å². The summed E-state index contributed by atoms with van der Waals surface area (Å²) in [6.07, 6.45) is 2.32. The molecule has 1 N–H and O–H groups in total. The minimum Gasteiger partial charge on any atom is -0.369 e. The van der Waals surface area contributed by atoms with Crippen molar-refractivity contribution in [3.8, 4) is 0 Å². The average molecular weight is 483 g/mol. The quantitative estimate of drug-likeness (QED) is 0.530. The summed E-state index contributed by atoms with van der Waals surface area (Å²) in [5.41, 5.74) is 4.11. The highest BCUT2D eigenvalue weighted by molar-refractivity contribution is 5.98. The number of piperazine rings is 1. The van der Waals surface area contributed by atoms with Crippen molar-refractivity contribution in [2.45, 2.75) is 31.8 Å². The summed E-state index contributed by atoms with van der Waals surface area (Å²) in [5.74, 6) is -0.120. The number of carbonyl (C=O) groups excluding carboxylic acids is 2. The number of carbonyl (C=O) groups is 2. The van der Waals surface area contributed by atoms with Gasteiger partial charge in [0, 0.05) is 57.1 Å². The third-order valence-electron chi connectivity index (χ3n) is 7.16. The minimum absolute atomic E-state index is 0.0482. The lowest BCUT2D eigenvalue weighted by Gasteiger charge is -2.36. The predicted octanol–water partition coefficient (Wildman–Crippen LogP) is 4.70. The number of benzene rings is 3. The van der Waals surface area contributed by atoms with E-state index in [1.165, 1.54) is 5.56 Å². The number of likely N-dealkylation sites (tertiary alicyclic amines) is 1. The van der Waals surface area contributed by atoms with Gasteiger partial charge in [0.2, 0.25) is 5.91 Å². The molecule has 0 aromatic heterocycles. The molecule has 5 rings (SSSR count). The maximum atomic E-state index is 13.4. The maximum Gasteiger partial charge on any atom is 0.251 e. The lowest BCUT2D eigenvalue weighted by molar-refractivity contribution is -0.141. The summed E-state index contributed by atoms with van der Waals surface area (Å²) in [7, 11) is 0. The highest BCUT2D eigenvalue weighted by Gasteiger charge is 2.32. The van der Waals surface area contributed by atoms with Crippen LogP contribution >= 0.6 is 0 Å². The summed E-state index contributed by atoms with van der Waals surface area (Å²) < 4.78 is 0. The molecule has 6 nitrogen and oxygen atoms in total. The topological polar surface area (TPSA) is 55.9 Å². The Labute approximate surface area is 213 Å². The van der Waals surface area contributed by atoms with Gasteiger partial charge in [0.15, 0.2) is 0 Å². The summed E-state index contributed by atoms with van der Waals surface area (Å²) in [5, 5.41) is 3.06. The molecule has 3 aromatic rings. The van der Waals surface area contributed by atoms with Gasteiger partial charge in [-0.2, -0.15) is 0 Å². The largest absolute Gasteiger partial charge is 0.369 e. The molecular formula is C30H34N4O2. The number of hydrogen-bond donors (Lipinski definition) is 1. The van der Waals surface area contributed by atoms with Crippen LogP contribution in [0.3, 0.4) is 0 Å². The monoisotopic (exact) mass is 482 g/mol. The summed E-state index contributed by atoms with van der Waals surface area (Å²) in [6, 6.07) is 27.7. The Morgan fingerprint density at radius 1 is 0.778 bits per heavy atom. The second-order valence-electron chi connectivity index (χ2n) is 9.64. The molecule has 2 aliphatic rings. The summed E-state index contributed by atoms with van der Waals surface area (Å²) >= 11 is 0. The van der Waals surface area contributed by atoms with Gasteiger partial charge in [0.25, 0.3) is 5.91 Å². The van der Waals surface area contributed by atoms with Crippen molar-refractivity contribution in [3.05, 3.63) is 96.1 Å². The number of amides is 2. The molecule has 2 aliphatic heterocycles. The number of piperidine rings is 1. The standard InChI is InChI=1S/C30H34N4O2/c35-28-13-7-8-18-34(28)29(25-11-5-2-6-12-25)30(36)31-26-14-16-27(17-15-26)33-21-19-32(20-22-33)23-24-9-3-1-4-10-24/h1-6,9-12,14-17,29H,7-8,13,18-23H2,(H,31,36). The van der Waals surface area contributed by atoms with Crippen LogP contribution in [0.25, 0.3) is 0 Å². The first kappa shape index (κ1) is 24.1. The molecule has 3 aromatic carbocycles. The molecule has 2 amide bonds. The predicted molar refractivity (Wildman–Crippen MR) is 144 cm³/mol. The normalized spacial score (nSPS) is 17.6. The zero-order valence-corrected chi connectivity index (χ0v) is 20.7. The van der Waals surface area contributed by atoms with Gasteiger partial charge in [-0.3, -0.25) is 14.5 Å². The molecule has 0 saturated carbocycles. The fourth-order valence-corrected chi connectivity index (χ4v) is 5.18. The highest BCUT2D eigenvalue weighted by Crippen LogP contribution is 2.28. The number of hydrogen-bond acceptors (Lipinski definition) is 4. The summed E-state index contributed by atoms with van der Waals surface area (Å²) in [4.78, 5) is 32.7. The van der Waals surface area contributed by atoms with E-state index in [0.717, 1.165) is 62.5 Å². The third-order valence-corrected chi connectivity index (χ3v) is 7.16. The number of anilines is 2. The molecule has 0 spiro atoms. The number of rotatable bonds is 7. The van der Waals surface area contributed by atoms with E-state index in [2.05, 4.69) is 57.6 Å². The molecule has 2 fully saturated rings. The smallest absolute Gasteiger partial charge is 0.251 e. The summed E-state index contributed by atoms with van der Waals surface area (Å²) in [6.45, 7) is 5.60. The van der Waals surface area contributed by atoms with Crippen molar-refractivity contribution in [1.82, 2.24) is 9.80 Å². The fourth-order valence-electron chi connectivity index (χ4n) is 5.18. The van der Waals surface area contributed by atoms with E-state index in [1.807, 2.05) is 42.5 Å². The Hall–Kier alpha value is -3.64. The molecule has 0 bridgehead atoms. The Morgan fingerprint density at radius 2 is 1.44 bits per heavy atom. The molecule has 36 heavy (non-hydrogen) atoms. The molecule has 0 radical (unpaired) electrons. The van der Waals surface area contributed by atoms with Gasteiger partial charge in [-0.1, -0.05) is 60.7 Å². The first-order chi connectivity index (χ1) is 17.7. The van der Waals surface area contributed by atoms with Gasteiger partial charge in [0.05, 0.1) is 0 Å². The second-order valence-corrected chi connectivity index (χ2v) is 9.64. The van der Waals surface area contributed by atoms with E-state index in [1.54, 1.807) is 4.90 Å². The number of nitrogens with zero attached hydrogens (tertiary/aromatic N) is 3. The lowest BCUT2D eigenvalue weighted by atomic mass is 10.0. The van der Waals surface area contributed by atoms with Crippen LogP contribution in [-0.4, -0.2) is 54.3 Å². The van der Waals surface area contributed by atoms with Crippen molar-refractivity contribution in [2.24, 2.45) is 0 Å². The molecule has 6 heteroatoms. The van der Waals surface area contributed by atoms with Crippen molar-refractivity contribution in [2.75, 3.05) is 42.9 Å². The van der Waals surface area contributed by atoms with Crippen LogP contribution < -0.4 is 10.2 Å². The first-order valence-corrected chi connectivity index (χ1v) is 12.9. The zero-order valence-electron chi connectivity index (χ0n) is 20.7. The van der Waals surface area contributed by atoms with Gasteiger partial charge < -0.3 is 15.1 Å². The van der Waals surface area contributed by atoms with Crippen molar-refractivity contribution in [3.63, 3.8) is 0 Å². The fraction of sp³-hybridized carbons (Fsp3) is 0.333. The highest BCUT2D eigenvalue weighted by atomic mass is 16.2. The van der Waals surface area contributed by atoms with E-state index in [9.17, 15) is 9.59 Å². The van der Waals surface area contributed by atoms with Gasteiger partial charge in [0.1, 0.15) is 6.04 Å². The Morgan fingerprint density at radius 3 is 2.11 bits per heavy atom. The number of nitrogens with one attached hydrogen (secondary N) is 1. The SMILES string of the molecule is O=C(Nc1ccc(N2CCN(Cc3ccccc3)CC2)cc1)C(c1ccccc1)N1CCCCC1=O.